The van der Waals surface area contributed by atoms with Crippen LogP contribution in [0.1, 0.15) is 18.9 Å². The van der Waals surface area contributed by atoms with Crippen LogP contribution in [0, 0.1) is 0 Å². The summed E-state index contributed by atoms with van der Waals surface area (Å²) in [5.74, 6) is 0. The molecule has 100 valence electrons. The Morgan fingerprint density at radius 2 is 1.89 bits per heavy atom. The molecule has 2 rings (SSSR count). The van der Waals surface area contributed by atoms with E-state index in [1.54, 1.807) is 17.7 Å². The Labute approximate surface area is 113 Å². The molecule has 1 unspecified atom stereocenters. The molecule has 0 fully saturated rings. The quantitative estimate of drug-likeness (QED) is 0.892. The van der Waals surface area contributed by atoms with Gasteiger partial charge in [-0.1, -0.05) is 37.3 Å². The Morgan fingerprint density at radius 1 is 1.16 bits per heavy atom. The van der Waals surface area contributed by atoms with Crippen molar-refractivity contribution in [2.75, 3.05) is 5.32 Å². The summed E-state index contributed by atoms with van der Waals surface area (Å²) in [5.41, 5.74) is 2.33. The number of pyridine rings is 1. The highest BCUT2D eigenvalue weighted by molar-refractivity contribution is 5.41. The van der Waals surface area contributed by atoms with Crippen LogP contribution in [0.5, 0.6) is 0 Å². The van der Waals surface area contributed by atoms with Gasteiger partial charge in [0.05, 0.1) is 5.69 Å². The third kappa shape index (κ3) is 3.71. The maximum atomic E-state index is 11.4. The van der Waals surface area contributed by atoms with E-state index in [2.05, 4.69) is 36.5 Å². The second kappa shape index (κ2) is 6.23. The predicted molar refractivity (Wildman–Crippen MR) is 79.5 cm³/mol. The Morgan fingerprint density at radius 3 is 2.53 bits per heavy atom. The second-order valence-electron chi connectivity index (χ2n) is 4.81. The molecule has 19 heavy (non-hydrogen) atoms. The van der Waals surface area contributed by atoms with Crippen LogP contribution in [0.3, 0.4) is 0 Å². The van der Waals surface area contributed by atoms with Crippen LogP contribution in [0.15, 0.2) is 53.5 Å². The lowest BCUT2D eigenvalue weighted by Gasteiger charge is -2.18. The van der Waals surface area contributed by atoms with Crippen molar-refractivity contribution in [2.45, 2.75) is 25.8 Å². The number of aryl methyl sites for hydroxylation is 1. The van der Waals surface area contributed by atoms with E-state index in [0.29, 0.717) is 6.04 Å². The highest BCUT2D eigenvalue weighted by atomic mass is 16.1. The lowest BCUT2D eigenvalue weighted by molar-refractivity contribution is 0.688. The molecule has 0 aliphatic rings. The lowest BCUT2D eigenvalue weighted by Crippen LogP contribution is -2.23. The van der Waals surface area contributed by atoms with Gasteiger partial charge in [0.2, 0.25) is 5.56 Å². The third-order valence-corrected chi connectivity index (χ3v) is 3.27. The van der Waals surface area contributed by atoms with Gasteiger partial charge in [0.25, 0.3) is 0 Å². The first-order valence-corrected chi connectivity index (χ1v) is 6.66. The molecule has 1 aromatic heterocycles. The molecule has 0 bridgehead atoms. The average Bonchev–Trinajstić information content (AvgIpc) is 2.43. The van der Waals surface area contributed by atoms with Crippen molar-refractivity contribution in [1.82, 2.24) is 4.57 Å². The van der Waals surface area contributed by atoms with Crippen molar-refractivity contribution in [3.8, 4) is 0 Å². The summed E-state index contributed by atoms with van der Waals surface area (Å²) in [6.45, 7) is 2.17. The molecule has 0 radical (unpaired) electrons. The van der Waals surface area contributed by atoms with Gasteiger partial charge in [-0.3, -0.25) is 4.79 Å². The van der Waals surface area contributed by atoms with Crippen molar-refractivity contribution in [3.05, 3.63) is 64.6 Å². The van der Waals surface area contributed by atoms with Crippen LogP contribution in [-0.4, -0.2) is 10.6 Å². The van der Waals surface area contributed by atoms with E-state index in [-0.39, 0.29) is 5.56 Å². The zero-order chi connectivity index (χ0) is 13.7. The van der Waals surface area contributed by atoms with Gasteiger partial charge in [0.1, 0.15) is 0 Å². The SMILES string of the molecule is CCC(Cc1ccccc1)Nc1ccc(=O)n(C)c1. The average molecular weight is 256 g/mol. The molecule has 3 heteroatoms. The van der Waals surface area contributed by atoms with E-state index < -0.39 is 0 Å². The number of rotatable bonds is 5. The number of hydrogen-bond acceptors (Lipinski definition) is 2. The summed E-state index contributed by atoms with van der Waals surface area (Å²) < 4.78 is 1.59. The molecule has 1 N–H and O–H groups in total. The molecule has 3 nitrogen and oxygen atoms in total. The van der Waals surface area contributed by atoms with E-state index in [9.17, 15) is 4.79 Å². The molecule has 1 atom stereocenters. The highest BCUT2D eigenvalue weighted by Gasteiger charge is 2.07. The van der Waals surface area contributed by atoms with Crippen molar-refractivity contribution >= 4 is 5.69 Å². The Kier molecular flexibility index (Phi) is 4.39. The van der Waals surface area contributed by atoms with E-state index in [4.69, 9.17) is 0 Å². The molecule has 1 heterocycles. The van der Waals surface area contributed by atoms with Gasteiger partial charge >= 0.3 is 0 Å². The molecule has 0 saturated heterocycles. The summed E-state index contributed by atoms with van der Waals surface area (Å²) in [7, 11) is 1.77. The largest absolute Gasteiger partial charge is 0.381 e. The minimum atomic E-state index is 0.0154. The Hall–Kier alpha value is -2.03. The number of benzene rings is 1. The van der Waals surface area contributed by atoms with Gasteiger partial charge in [-0.15, -0.1) is 0 Å². The maximum absolute atomic E-state index is 11.4. The number of nitrogens with one attached hydrogen (secondary N) is 1. The summed E-state index contributed by atoms with van der Waals surface area (Å²) in [6, 6.07) is 14.3. The standard InChI is InChI=1S/C16H20N2O/c1-3-14(11-13-7-5-4-6-8-13)17-15-9-10-16(19)18(2)12-15/h4-10,12,14,17H,3,11H2,1-2H3. The molecule has 1 aromatic carbocycles. The molecular weight excluding hydrogens is 236 g/mol. The van der Waals surface area contributed by atoms with Gasteiger partial charge < -0.3 is 9.88 Å². The highest BCUT2D eigenvalue weighted by Crippen LogP contribution is 2.12. The molecule has 0 aliphatic heterocycles. The van der Waals surface area contributed by atoms with Crippen LogP contribution in [0.2, 0.25) is 0 Å². The summed E-state index contributed by atoms with van der Waals surface area (Å²) in [4.78, 5) is 11.4. The third-order valence-electron chi connectivity index (χ3n) is 3.27. The van der Waals surface area contributed by atoms with Crippen molar-refractivity contribution in [1.29, 1.82) is 0 Å². The van der Waals surface area contributed by atoms with Gasteiger partial charge in [0.15, 0.2) is 0 Å². The maximum Gasteiger partial charge on any atom is 0.250 e. The first kappa shape index (κ1) is 13.4. The van der Waals surface area contributed by atoms with Gasteiger partial charge in [-0.25, -0.2) is 0 Å². The normalized spacial score (nSPS) is 12.1. The fourth-order valence-corrected chi connectivity index (χ4v) is 2.11. The van der Waals surface area contributed by atoms with Crippen LogP contribution < -0.4 is 10.9 Å². The van der Waals surface area contributed by atoms with E-state index in [1.807, 2.05) is 18.3 Å². The van der Waals surface area contributed by atoms with Crippen LogP contribution in [0.25, 0.3) is 0 Å². The number of aromatic nitrogens is 1. The first-order chi connectivity index (χ1) is 9.19. The van der Waals surface area contributed by atoms with Crippen molar-refractivity contribution < 1.29 is 0 Å². The van der Waals surface area contributed by atoms with Crippen LogP contribution in [-0.2, 0) is 13.5 Å². The van der Waals surface area contributed by atoms with Crippen molar-refractivity contribution in [3.63, 3.8) is 0 Å². The zero-order valence-corrected chi connectivity index (χ0v) is 11.5. The molecule has 0 spiro atoms. The second-order valence-corrected chi connectivity index (χ2v) is 4.81. The van der Waals surface area contributed by atoms with Gasteiger partial charge in [-0.2, -0.15) is 0 Å². The lowest BCUT2D eigenvalue weighted by atomic mass is 10.0. The number of anilines is 1. The fourth-order valence-electron chi connectivity index (χ4n) is 2.11. The minimum Gasteiger partial charge on any atom is -0.381 e. The van der Waals surface area contributed by atoms with E-state index >= 15 is 0 Å². The van der Waals surface area contributed by atoms with E-state index in [1.165, 1.54) is 5.56 Å². The summed E-state index contributed by atoms with van der Waals surface area (Å²) in [5, 5.41) is 3.49. The predicted octanol–water partition coefficient (Wildman–Crippen LogP) is 2.82. The smallest absolute Gasteiger partial charge is 0.250 e. The van der Waals surface area contributed by atoms with Crippen LogP contribution >= 0.6 is 0 Å². The van der Waals surface area contributed by atoms with Crippen LogP contribution in [0.4, 0.5) is 5.69 Å². The molecule has 0 amide bonds. The number of nitrogens with zero attached hydrogens (tertiary/aromatic N) is 1. The minimum absolute atomic E-state index is 0.0154. The summed E-state index contributed by atoms with van der Waals surface area (Å²) in [6.07, 6.45) is 3.87. The monoisotopic (exact) mass is 256 g/mol. The Balaban J connectivity index is 2.06. The zero-order valence-electron chi connectivity index (χ0n) is 11.5. The number of hydrogen-bond donors (Lipinski definition) is 1. The van der Waals surface area contributed by atoms with E-state index in [0.717, 1.165) is 18.5 Å². The van der Waals surface area contributed by atoms with Crippen molar-refractivity contribution in [2.24, 2.45) is 7.05 Å². The molecular formula is C16H20N2O. The fraction of sp³-hybridized carbons (Fsp3) is 0.312. The Bertz CT molecular complexity index is 575. The van der Waals surface area contributed by atoms with Gasteiger partial charge in [0, 0.05) is 25.4 Å². The molecule has 2 aromatic rings. The first-order valence-electron chi connectivity index (χ1n) is 6.66. The summed E-state index contributed by atoms with van der Waals surface area (Å²) >= 11 is 0. The molecule has 0 aliphatic carbocycles. The van der Waals surface area contributed by atoms with Gasteiger partial charge in [-0.05, 0) is 24.5 Å². The molecule has 0 saturated carbocycles. The topological polar surface area (TPSA) is 34.0 Å².